The minimum absolute atomic E-state index is 0.0622. The summed E-state index contributed by atoms with van der Waals surface area (Å²) >= 11 is 5.93. The predicted molar refractivity (Wildman–Crippen MR) is 138 cm³/mol. The van der Waals surface area contributed by atoms with E-state index in [-0.39, 0.29) is 18.7 Å². The molecule has 0 fully saturated rings. The van der Waals surface area contributed by atoms with Gasteiger partial charge in [0.2, 0.25) is 5.91 Å². The molecule has 0 unspecified atom stereocenters. The van der Waals surface area contributed by atoms with Gasteiger partial charge in [-0.05, 0) is 47.5 Å². The van der Waals surface area contributed by atoms with Crippen LogP contribution in [0.15, 0.2) is 90.1 Å². The summed E-state index contributed by atoms with van der Waals surface area (Å²) in [6.07, 6.45) is 4.23. The molecule has 3 amide bonds. The lowest BCUT2D eigenvalue weighted by atomic mass is 9.93. The Morgan fingerprint density at radius 1 is 1.00 bits per heavy atom. The molecule has 1 atom stereocenters. The van der Waals surface area contributed by atoms with Crippen LogP contribution in [0.1, 0.15) is 11.1 Å². The second-order valence-corrected chi connectivity index (χ2v) is 8.93. The first kappa shape index (κ1) is 24.2. The lowest BCUT2D eigenvalue weighted by molar-refractivity contribution is -0.120. The molecule has 1 aliphatic heterocycles. The number of hydrogen-bond acceptors (Lipinski definition) is 4. The van der Waals surface area contributed by atoms with E-state index >= 15 is 0 Å². The van der Waals surface area contributed by atoms with Crippen LogP contribution in [-0.4, -0.2) is 32.4 Å². The average Bonchev–Trinajstić information content (AvgIpc) is 2.90. The van der Waals surface area contributed by atoms with Crippen LogP contribution >= 0.6 is 11.6 Å². The van der Waals surface area contributed by atoms with Gasteiger partial charge in [-0.2, -0.15) is 0 Å². The summed E-state index contributed by atoms with van der Waals surface area (Å²) in [5.74, 6) is -1.25. The van der Waals surface area contributed by atoms with E-state index < -0.39 is 29.4 Å². The van der Waals surface area contributed by atoms with Crippen LogP contribution in [0, 0.1) is 5.82 Å². The third-order valence-electron chi connectivity index (χ3n) is 6.12. The molecule has 0 spiro atoms. The van der Waals surface area contributed by atoms with Gasteiger partial charge in [-0.25, -0.2) is 9.18 Å². The van der Waals surface area contributed by atoms with Crippen molar-refractivity contribution in [3.63, 3.8) is 0 Å². The molecule has 8 nitrogen and oxygen atoms in total. The number of hydrogen-bond donors (Lipinski definition) is 2. The third kappa shape index (κ3) is 5.22. The van der Waals surface area contributed by atoms with Crippen LogP contribution in [0.25, 0.3) is 5.69 Å². The number of urea groups is 1. The van der Waals surface area contributed by atoms with Crippen molar-refractivity contribution in [1.82, 2.24) is 14.5 Å². The highest BCUT2D eigenvalue weighted by Crippen LogP contribution is 2.26. The first-order valence-corrected chi connectivity index (χ1v) is 11.8. The molecule has 0 aliphatic carbocycles. The van der Waals surface area contributed by atoms with Crippen LogP contribution in [0.3, 0.4) is 0 Å². The van der Waals surface area contributed by atoms with Gasteiger partial charge in [-0.1, -0.05) is 35.9 Å². The zero-order valence-electron chi connectivity index (χ0n) is 19.4. The van der Waals surface area contributed by atoms with Crippen LogP contribution in [-0.2, 0) is 17.8 Å². The van der Waals surface area contributed by atoms with Crippen molar-refractivity contribution in [3.8, 4) is 5.69 Å². The topological polar surface area (TPSA) is 96.3 Å². The van der Waals surface area contributed by atoms with Crippen LogP contribution in [0.2, 0.25) is 5.02 Å². The number of aromatic nitrogens is 2. The predicted octanol–water partition coefficient (Wildman–Crippen LogP) is 4.62. The number of anilines is 2. The van der Waals surface area contributed by atoms with Crippen LogP contribution < -0.4 is 16.2 Å². The maximum absolute atomic E-state index is 15.0. The van der Waals surface area contributed by atoms with E-state index in [0.29, 0.717) is 16.4 Å². The van der Waals surface area contributed by atoms with Gasteiger partial charge in [-0.3, -0.25) is 19.1 Å². The molecule has 10 heteroatoms. The largest absolute Gasteiger partial charge is 0.322 e. The molecule has 2 N–H and O–H groups in total. The molecule has 5 rings (SSSR count). The number of amides is 3. The van der Waals surface area contributed by atoms with Gasteiger partial charge in [0.25, 0.3) is 5.56 Å². The zero-order valence-corrected chi connectivity index (χ0v) is 20.2. The first-order chi connectivity index (χ1) is 17.9. The summed E-state index contributed by atoms with van der Waals surface area (Å²) < 4.78 is 16.2. The van der Waals surface area contributed by atoms with Crippen molar-refractivity contribution in [2.24, 2.45) is 0 Å². The Labute approximate surface area is 216 Å². The highest BCUT2D eigenvalue weighted by atomic mass is 35.5. The Bertz CT molecular complexity index is 1540. The Morgan fingerprint density at radius 3 is 2.49 bits per heavy atom. The van der Waals surface area contributed by atoms with E-state index in [2.05, 4.69) is 15.6 Å². The SMILES string of the molecule is O=C(Nc1ccc(-n2ccncc2=O)cc1F)[C@H]1Cc2ccccc2CN1C(=O)Nc1ccc(Cl)cc1. The molecule has 186 valence electrons. The van der Waals surface area contributed by atoms with Gasteiger partial charge in [0.05, 0.1) is 17.6 Å². The van der Waals surface area contributed by atoms with Gasteiger partial charge >= 0.3 is 6.03 Å². The molecule has 3 aromatic carbocycles. The fourth-order valence-electron chi connectivity index (χ4n) is 4.23. The Morgan fingerprint density at radius 2 is 1.76 bits per heavy atom. The van der Waals surface area contributed by atoms with Crippen molar-refractivity contribution in [2.75, 3.05) is 10.6 Å². The fourth-order valence-corrected chi connectivity index (χ4v) is 4.36. The normalized spacial score (nSPS) is 14.5. The summed E-state index contributed by atoms with van der Waals surface area (Å²) in [5.41, 5.74) is 2.20. The van der Waals surface area contributed by atoms with Crippen LogP contribution in [0.4, 0.5) is 20.6 Å². The smallest absolute Gasteiger partial charge is 0.322 e. The Kier molecular flexibility index (Phi) is 6.70. The van der Waals surface area contributed by atoms with E-state index in [0.717, 1.165) is 23.4 Å². The van der Waals surface area contributed by atoms with Gasteiger partial charge in [0, 0.05) is 42.1 Å². The lowest BCUT2D eigenvalue weighted by Crippen LogP contribution is -2.52. The number of nitrogens with zero attached hydrogens (tertiary/aromatic N) is 3. The van der Waals surface area contributed by atoms with Crippen LogP contribution in [0.5, 0.6) is 0 Å². The molecule has 0 radical (unpaired) electrons. The van der Waals surface area contributed by atoms with Crippen molar-refractivity contribution < 1.29 is 14.0 Å². The van der Waals surface area contributed by atoms with E-state index in [4.69, 9.17) is 11.6 Å². The Hall–Kier alpha value is -4.50. The average molecular weight is 518 g/mol. The summed E-state index contributed by atoms with van der Waals surface area (Å²) in [7, 11) is 0. The maximum atomic E-state index is 15.0. The molecule has 1 aromatic heterocycles. The van der Waals surface area contributed by atoms with E-state index in [1.807, 2.05) is 24.3 Å². The number of nitrogens with one attached hydrogen (secondary N) is 2. The van der Waals surface area contributed by atoms with Gasteiger partial charge in [0.15, 0.2) is 0 Å². The summed E-state index contributed by atoms with van der Waals surface area (Å²) in [6, 6.07) is 16.9. The molecular formula is C27H21ClFN5O3. The third-order valence-corrected chi connectivity index (χ3v) is 6.37. The first-order valence-electron chi connectivity index (χ1n) is 11.4. The number of benzene rings is 3. The van der Waals surface area contributed by atoms with Crippen molar-refractivity contribution in [1.29, 1.82) is 0 Å². The fraction of sp³-hybridized carbons (Fsp3) is 0.111. The standard InChI is InChI=1S/C27H21ClFN5O3/c28-19-5-7-20(8-6-19)31-27(37)34-16-18-4-2-1-3-17(18)13-24(34)26(36)32-23-10-9-21(14-22(23)29)33-12-11-30-15-25(33)35/h1-12,14-15,24H,13,16H2,(H,31,37)(H,32,36)/t24-/m1/s1. The number of carbonyl (C=O) groups excluding carboxylic acids is 2. The second-order valence-electron chi connectivity index (χ2n) is 8.49. The van der Waals surface area contributed by atoms with E-state index in [9.17, 15) is 18.8 Å². The molecular weight excluding hydrogens is 497 g/mol. The second kappa shape index (κ2) is 10.2. The van der Waals surface area contributed by atoms with Gasteiger partial charge in [-0.15, -0.1) is 0 Å². The molecule has 1 aliphatic rings. The molecule has 4 aromatic rings. The highest BCUT2D eigenvalue weighted by molar-refractivity contribution is 6.30. The van der Waals surface area contributed by atoms with Crippen molar-refractivity contribution in [3.05, 3.63) is 118 Å². The molecule has 2 heterocycles. The molecule has 37 heavy (non-hydrogen) atoms. The molecule has 0 saturated heterocycles. The summed E-state index contributed by atoms with van der Waals surface area (Å²) in [6.45, 7) is 0.208. The van der Waals surface area contributed by atoms with Gasteiger partial charge < -0.3 is 15.5 Å². The van der Waals surface area contributed by atoms with E-state index in [1.54, 1.807) is 24.3 Å². The molecule has 0 saturated carbocycles. The number of fused-ring (bicyclic) bond motifs is 1. The quantitative estimate of drug-likeness (QED) is 0.413. The van der Waals surface area contributed by atoms with E-state index in [1.165, 1.54) is 34.0 Å². The number of carbonyl (C=O) groups is 2. The van der Waals surface area contributed by atoms with Crippen molar-refractivity contribution >= 4 is 34.9 Å². The Balaban J connectivity index is 1.39. The minimum atomic E-state index is -0.885. The number of rotatable bonds is 4. The summed E-state index contributed by atoms with van der Waals surface area (Å²) in [4.78, 5) is 43.8. The maximum Gasteiger partial charge on any atom is 0.322 e. The zero-order chi connectivity index (χ0) is 25.9. The monoisotopic (exact) mass is 517 g/mol. The van der Waals surface area contributed by atoms with Crippen molar-refractivity contribution in [2.45, 2.75) is 19.0 Å². The number of halogens is 2. The highest BCUT2D eigenvalue weighted by Gasteiger charge is 2.35. The minimum Gasteiger partial charge on any atom is -0.322 e. The summed E-state index contributed by atoms with van der Waals surface area (Å²) in [5, 5.41) is 5.94. The molecule has 0 bridgehead atoms. The van der Waals surface area contributed by atoms with Gasteiger partial charge in [0.1, 0.15) is 11.9 Å². The lowest BCUT2D eigenvalue weighted by Gasteiger charge is -2.36.